The van der Waals surface area contributed by atoms with Crippen LogP contribution < -0.4 is 5.73 Å². The summed E-state index contributed by atoms with van der Waals surface area (Å²) in [4.78, 5) is 0. The van der Waals surface area contributed by atoms with E-state index in [9.17, 15) is 4.39 Å². The van der Waals surface area contributed by atoms with Gasteiger partial charge in [-0.1, -0.05) is 19.8 Å². The van der Waals surface area contributed by atoms with Crippen molar-refractivity contribution >= 4 is 0 Å². The lowest BCUT2D eigenvalue weighted by atomic mass is 9.78. The van der Waals surface area contributed by atoms with Crippen molar-refractivity contribution in [3.05, 3.63) is 0 Å². The van der Waals surface area contributed by atoms with Gasteiger partial charge in [0.25, 0.3) is 0 Å². The summed E-state index contributed by atoms with van der Waals surface area (Å²) in [5.41, 5.74) is 6.08. The van der Waals surface area contributed by atoms with Gasteiger partial charge in [-0.05, 0) is 44.4 Å². The highest BCUT2D eigenvalue weighted by atomic mass is 19.1. The average molecular weight is 201 g/mol. The normalized spacial score (nSPS) is 32.6. The quantitative estimate of drug-likeness (QED) is 0.742. The Morgan fingerprint density at radius 1 is 1.21 bits per heavy atom. The fourth-order valence-electron chi connectivity index (χ4n) is 2.37. The van der Waals surface area contributed by atoms with Crippen LogP contribution in [0, 0.1) is 11.8 Å². The van der Waals surface area contributed by atoms with Crippen LogP contribution in [0.2, 0.25) is 0 Å². The van der Waals surface area contributed by atoms with Gasteiger partial charge in [-0.25, -0.2) is 4.39 Å². The Bertz CT molecular complexity index is 150. The topological polar surface area (TPSA) is 26.0 Å². The van der Waals surface area contributed by atoms with Crippen LogP contribution in [0.1, 0.15) is 52.4 Å². The average Bonchev–Trinajstić information content (AvgIpc) is 2.15. The highest BCUT2D eigenvalue weighted by Crippen LogP contribution is 2.31. The van der Waals surface area contributed by atoms with Crippen LogP contribution >= 0.6 is 0 Å². The maximum absolute atomic E-state index is 12.6. The molecule has 1 nitrogen and oxygen atoms in total. The molecule has 1 aliphatic carbocycles. The van der Waals surface area contributed by atoms with Crippen LogP contribution in [0.5, 0.6) is 0 Å². The van der Waals surface area contributed by atoms with Crippen LogP contribution in [0.25, 0.3) is 0 Å². The largest absolute Gasteiger partial charge is 0.327 e. The van der Waals surface area contributed by atoms with Gasteiger partial charge in [-0.2, -0.15) is 0 Å². The molecule has 0 spiro atoms. The van der Waals surface area contributed by atoms with Gasteiger partial charge in [0, 0.05) is 6.04 Å². The molecule has 1 saturated carbocycles. The van der Waals surface area contributed by atoms with Gasteiger partial charge in [0.15, 0.2) is 0 Å². The zero-order valence-electron chi connectivity index (χ0n) is 9.51. The van der Waals surface area contributed by atoms with Crippen LogP contribution in [0.3, 0.4) is 0 Å². The van der Waals surface area contributed by atoms with Gasteiger partial charge in [-0.3, -0.25) is 0 Å². The first-order valence-corrected chi connectivity index (χ1v) is 5.99. The maximum Gasteiger partial charge on any atom is 0.0974 e. The summed E-state index contributed by atoms with van der Waals surface area (Å²) in [6.07, 6.45) is 5.92. The predicted molar refractivity (Wildman–Crippen MR) is 58.9 cm³/mol. The number of nitrogens with two attached hydrogens (primary N) is 1. The summed E-state index contributed by atoms with van der Waals surface area (Å²) in [6.45, 7) is 3.93. The Balaban J connectivity index is 2.20. The van der Waals surface area contributed by atoms with E-state index in [1.807, 2.05) is 0 Å². The third-order valence-electron chi connectivity index (χ3n) is 3.56. The van der Waals surface area contributed by atoms with Gasteiger partial charge < -0.3 is 5.73 Å². The Morgan fingerprint density at radius 2 is 1.79 bits per heavy atom. The van der Waals surface area contributed by atoms with Crippen molar-refractivity contribution in [1.82, 2.24) is 0 Å². The van der Waals surface area contributed by atoms with Crippen molar-refractivity contribution in [3.63, 3.8) is 0 Å². The molecular weight excluding hydrogens is 177 g/mol. The molecule has 0 aliphatic heterocycles. The number of hydrogen-bond acceptors (Lipinski definition) is 1. The first-order chi connectivity index (χ1) is 6.59. The van der Waals surface area contributed by atoms with Gasteiger partial charge in [-0.15, -0.1) is 0 Å². The van der Waals surface area contributed by atoms with Crippen molar-refractivity contribution in [3.8, 4) is 0 Å². The molecule has 2 atom stereocenters. The van der Waals surface area contributed by atoms with Gasteiger partial charge in [0.2, 0.25) is 0 Å². The highest BCUT2D eigenvalue weighted by Gasteiger charge is 2.23. The summed E-state index contributed by atoms with van der Waals surface area (Å²) >= 11 is 0. The Labute approximate surface area is 87.3 Å². The van der Waals surface area contributed by atoms with E-state index >= 15 is 0 Å². The van der Waals surface area contributed by atoms with E-state index in [4.69, 9.17) is 5.73 Å². The molecule has 0 radical (unpaired) electrons. The maximum atomic E-state index is 12.6. The van der Waals surface area contributed by atoms with Gasteiger partial charge >= 0.3 is 0 Å². The second-order valence-electron chi connectivity index (χ2n) is 5.04. The summed E-state index contributed by atoms with van der Waals surface area (Å²) in [7, 11) is 0. The fraction of sp³-hybridized carbons (Fsp3) is 1.00. The second kappa shape index (κ2) is 5.69. The highest BCUT2D eigenvalue weighted by molar-refractivity contribution is 4.78. The van der Waals surface area contributed by atoms with E-state index in [0.717, 1.165) is 12.3 Å². The van der Waals surface area contributed by atoms with Gasteiger partial charge in [0.1, 0.15) is 0 Å². The van der Waals surface area contributed by atoms with Crippen molar-refractivity contribution in [2.45, 2.75) is 64.6 Å². The predicted octanol–water partition coefficient (Wildman–Crippen LogP) is 3.28. The monoisotopic (exact) mass is 201 g/mol. The van der Waals surface area contributed by atoms with Gasteiger partial charge in [0.05, 0.1) is 6.17 Å². The van der Waals surface area contributed by atoms with E-state index in [1.54, 1.807) is 6.92 Å². The number of alkyl halides is 1. The molecule has 0 aromatic rings. The van der Waals surface area contributed by atoms with Crippen LogP contribution in [0.15, 0.2) is 0 Å². The molecule has 1 rings (SSSR count). The summed E-state index contributed by atoms with van der Waals surface area (Å²) < 4.78 is 12.6. The molecule has 2 N–H and O–H groups in total. The summed E-state index contributed by atoms with van der Waals surface area (Å²) in [5.74, 6) is 1.53. The van der Waals surface area contributed by atoms with Crippen molar-refractivity contribution < 1.29 is 4.39 Å². The van der Waals surface area contributed by atoms with Crippen molar-refractivity contribution in [2.75, 3.05) is 0 Å². The molecule has 0 aromatic carbocycles. The molecule has 0 saturated heterocycles. The lowest BCUT2D eigenvalue weighted by molar-refractivity contribution is 0.232. The van der Waals surface area contributed by atoms with Crippen LogP contribution in [-0.2, 0) is 0 Å². The molecule has 0 bridgehead atoms. The number of halogens is 1. The third-order valence-corrected chi connectivity index (χ3v) is 3.56. The lowest BCUT2D eigenvalue weighted by Crippen LogP contribution is -2.33. The summed E-state index contributed by atoms with van der Waals surface area (Å²) in [6, 6.07) is 0.237. The zero-order valence-corrected chi connectivity index (χ0v) is 9.51. The van der Waals surface area contributed by atoms with Crippen LogP contribution in [-0.4, -0.2) is 12.2 Å². The molecule has 2 heteroatoms. The minimum absolute atomic E-state index is 0.237. The third kappa shape index (κ3) is 3.95. The van der Waals surface area contributed by atoms with Crippen molar-refractivity contribution in [1.29, 1.82) is 0 Å². The number of hydrogen-bond donors (Lipinski definition) is 1. The van der Waals surface area contributed by atoms with E-state index in [0.29, 0.717) is 12.3 Å². The molecule has 14 heavy (non-hydrogen) atoms. The molecular formula is C12H24FN. The molecule has 0 heterocycles. The van der Waals surface area contributed by atoms with E-state index in [-0.39, 0.29) is 6.04 Å². The Morgan fingerprint density at radius 3 is 2.29 bits per heavy atom. The summed E-state index contributed by atoms with van der Waals surface area (Å²) in [5, 5.41) is 0. The molecule has 1 aliphatic rings. The molecule has 84 valence electrons. The Hall–Kier alpha value is -0.110. The zero-order chi connectivity index (χ0) is 10.6. The number of rotatable bonds is 4. The smallest absolute Gasteiger partial charge is 0.0974 e. The molecule has 0 aromatic heterocycles. The van der Waals surface area contributed by atoms with E-state index < -0.39 is 6.17 Å². The fourth-order valence-corrected chi connectivity index (χ4v) is 2.37. The lowest BCUT2D eigenvalue weighted by Gasteiger charge is -2.30. The van der Waals surface area contributed by atoms with E-state index in [2.05, 4.69) is 6.92 Å². The first-order valence-electron chi connectivity index (χ1n) is 5.99. The SMILES string of the molecule is CC(F)CCC(N)C1CCC(C)CC1. The standard InChI is InChI=1S/C12H24FN/c1-9-3-6-11(7-4-9)12(14)8-5-10(2)13/h9-12H,3-8,14H2,1-2H3. The molecule has 2 unspecified atom stereocenters. The van der Waals surface area contributed by atoms with E-state index in [1.165, 1.54) is 25.7 Å². The molecule has 0 amide bonds. The minimum atomic E-state index is -0.691. The first kappa shape index (κ1) is 12.0. The second-order valence-corrected chi connectivity index (χ2v) is 5.04. The van der Waals surface area contributed by atoms with Crippen molar-refractivity contribution in [2.24, 2.45) is 17.6 Å². The van der Waals surface area contributed by atoms with Crippen LogP contribution in [0.4, 0.5) is 4.39 Å². The minimum Gasteiger partial charge on any atom is -0.327 e. The molecule has 1 fully saturated rings. The Kier molecular flexibility index (Phi) is 4.86.